The predicted octanol–water partition coefficient (Wildman–Crippen LogP) is 3.22. The van der Waals surface area contributed by atoms with Gasteiger partial charge in [-0.1, -0.05) is 24.3 Å². The molecule has 5 rings (SSSR count). The van der Waals surface area contributed by atoms with E-state index in [4.69, 9.17) is 0 Å². The quantitative estimate of drug-likeness (QED) is 0.916. The Morgan fingerprint density at radius 2 is 1.81 bits per heavy atom. The summed E-state index contributed by atoms with van der Waals surface area (Å²) in [5, 5.41) is 15.2. The van der Waals surface area contributed by atoms with E-state index < -0.39 is 0 Å². The Labute approximate surface area is 125 Å². The number of anilines is 1. The van der Waals surface area contributed by atoms with Gasteiger partial charge in [-0.2, -0.15) is 5.26 Å². The number of fused-ring (bicyclic) bond motifs is 4. The van der Waals surface area contributed by atoms with Crippen LogP contribution in [-0.4, -0.2) is 30.6 Å². The molecule has 3 aliphatic rings. The summed E-state index contributed by atoms with van der Waals surface area (Å²) in [6.45, 7) is 3.67. The fraction of sp³-hybridized carbons (Fsp3) is 0.389. The highest BCUT2D eigenvalue weighted by atomic mass is 15.2. The van der Waals surface area contributed by atoms with Crippen molar-refractivity contribution in [2.75, 3.05) is 25.0 Å². The van der Waals surface area contributed by atoms with E-state index in [1.165, 1.54) is 31.6 Å². The third kappa shape index (κ3) is 2.16. The molecule has 0 radical (unpaired) electrons. The molecule has 21 heavy (non-hydrogen) atoms. The van der Waals surface area contributed by atoms with Crippen LogP contribution in [-0.2, 0) is 0 Å². The molecule has 3 fully saturated rings. The number of benzene rings is 2. The van der Waals surface area contributed by atoms with E-state index in [0.29, 0.717) is 6.04 Å². The van der Waals surface area contributed by atoms with Gasteiger partial charge in [0.2, 0.25) is 0 Å². The minimum atomic E-state index is 0.545. The van der Waals surface area contributed by atoms with Gasteiger partial charge in [0.1, 0.15) is 0 Å². The first-order valence-electron chi connectivity index (χ1n) is 7.76. The van der Waals surface area contributed by atoms with Gasteiger partial charge in [-0.05, 0) is 44.0 Å². The van der Waals surface area contributed by atoms with Crippen molar-refractivity contribution in [3.8, 4) is 6.07 Å². The van der Waals surface area contributed by atoms with Gasteiger partial charge in [-0.15, -0.1) is 0 Å². The van der Waals surface area contributed by atoms with Crippen LogP contribution in [0, 0.1) is 17.2 Å². The molecule has 2 aromatic rings. The van der Waals surface area contributed by atoms with Gasteiger partial charge in [0.15, 0.2) is 0 Å². The van der Waals surface area contributed by atoms with Crippen molar-refractivity contribution in [1.82, 2.24) is 4.90 Å². The minimum absolute atomic E-state index is 0.545. The Morgan fingerprint density at radius 1 is 1.05 bits per heavy atom. The van der Waals surface area contributed by atoms with Crippen molar-refractivity contribution in [3.05, 3.63) is 42.0 Å². The van der Waals surface area contributed by atoms with Crippen molar-refractivity contribution in [1.29, 1.82) is 5.26 Å². The third-order valence-electron chi connectivity index (χ3n) is 5.04. The molecule has 1 unspecified atom stereocenters. The number of hydrogen-bond donors (Lipinski definition) is 1. The number of nitrogens with zero attached hydrogens (tertiary/aromatic N) is 2. The predicted molar refractivity (Wildman–Crippen MR) is 85.2 cm³/mol. The fourth-order valence-corrected chi connectivity index (χ4v) is 3.85. The first-order valence-corrected chi connectivity index (χ1v) is 7.76. The van der Waals surface area contributed by atoms with E-state index in [9.17, 15) is 5.26 Å². The number of rotatable bonds is 2. The summed E-state index contributed by atoms with van der Waals surface area (Å²) >= 11 is 0. The molecule has 3 heteroatoms. The second kappa shape index (κ2) is 5.05. The SMILES string of the molecule is N#Cc1ccc(NC2CN3CCC2CC3)c2ccccc12. The first-order chi connectivity index (χ1) is 10.3. The summed E-state index contributed by atoms with van der Waals surface area (Å²) in [5.74, 6) is 0.796. The average Bonchev–Trinajstić information content (AvgIpc) is 2.56. The van der Waals surface area contributed by atoms with E-state index >= 15 is 0 Å². The molecule has 2 bridgehead atoms. The van der Waals surface area contributed by atoms with E-state index in [0.717, 1.165) is 28.8 Å². The van der Waals surface area contributed by atoms with Crippen LogP contribution in [0.3, 0.4) is 0 Å². The molecule has 0 amide bonds. The highest BCUT2D eigenvalue weighted by Gasteiger charge is 2.34. The molecule has 0 spiro atoms. The molecule has 1 N–H and O–H groups in total. The number of nitriles is 1. The van der Waals surface area contributed by atoms with E-state index in [1.807, 2.05) is 24.3 Å². The molecule has 3 saturated heterocycles. The average molecular weight is 277 g/mol. The van der Waals surface area contributed by atoms with Crippen molar-refractivity contribution >= 4 is 16.5 Å². The van der Waals surface area contributed by atoms with Gasteiger partial charge in [0, 0.05) is 29.0 Å². The van der Waals surface area contributed by atoms with Gasteiger partial charge >= 0.3 is 0 Å². The molecular weight excluding hydrogens is 258 g/mol. The van der Waals surface area contributed by atoms with Crippen LogP contribution in [0.1, 0.15) is 18.4 Å². The van der Waals surface area contributed by atoms with Gasteiger partial charge in [0.25, 0.3) is 0 Å². The highest BCUT2D eigenvalue weighted by molar-refractivity contribution is 5.97. The topological polar surface area (TPSA) is 39.1 Å². The third-order valence-corrected chi connectivity index (χ3v) is 5.04. The largest absolute Gasteiger partial charge is 0.380 e. The Kier molecular flexibility index (Phi) is 3.05. The molecule has 106 valence electrons. The second-order valence-corrected chi connectivity index (χ2v) is 6.21. The van der Waals surface area contributed by atoms with Crippen LogP contribution in [0.2, 0.25) is 0 Å². The molecular formula is C18H19N3. The van der Waals surface area contributed by atoms with Gasteiger partial charge in [-0.3, -0.25) is 0 Å². The minimum Gasteiger partial charge on any atom is -0.380 e. The van der Waals surface area contributed by atoms with Crippen LogP contribution in [0.4, 0.5) is 5.69 Å². The van der Waals surface area contributed by atoms with Crippen LogP contribution in [0.5, 0.6) is 0 Å². The summed E-state index contributed by atoms with van der Waals surface area (Å²) in [6.07, 6.45) is 2.62. The Hall–Kier alpha value is -2.05. The first kappa shape index (κ1) is 12.7. The number of hydrogen-bond acceptors (Lipinski definition) is 3. The molecule has 1 atom stereocenters. The Morgan fingerprint density at radius 3 is 2.48 bits per heavy atom. The van der Waals surface area contributed by atoms with Crippen LogP contribution in [0.25, 0.3) is 10.8 Å². The van der Waals surface area contributed by atoms with Gasteiger partial charge in [0.05, 0.1) is 11.6 Å². The Bertz CT molecular complexity index is 708. The monoisotopic (exact) mass is 277 g/mol. The van der Waals surface area contributed by atoms with Gasteiger partial charge in [-0.25, -0.2) is 0 Å². The van der Waals surface area contributed by atoms with E-state index in [-0.39, 0.29) is 0 Å². The number of piperidine rings is 3. The summed E-state index contributed by atoms with van der Waals surface area (Å²) in [7, 11) is 0. The lowest BCUT2D eigenvalue weighted by Gasteiger charge is -2.45. The van der Waals surface area contributed by atoms with Gasteiger partial charge < -0.3 is 10.2 Å². The maximum absolute atomic E-state index is 9.26. The van der Waals surface area contributed by atoms with Crippen molar-refractivity contribution in [3.63, 3.8) is 0 Å². The lowest BCUT2D eigenvalue weighted by atomic mass is 9.84. The van der Waals surface area contributed by atoms with Crippen LogP contribution in [0.15, 0.2) is 36.4 Å². The molecule has 0 aliphatic carbocycles. The second-order valence-electron chi connectivity index (χ2n) is 6.21. The van der Waals surface area contributed by atoms with E-state index in [2.05, 4.69) is 28.4 Å². The summed E-state index contributed by atoms with van der Waals surface area (Å²) in [6, 6.07) is 15.0. The molecule has 0 aromatic heterocycles. The van der Waals surface area contributed by atoms with Crippen molar-refractivity contribution < 1.29 is 0 Å². The molecule has 3 nitrogen and oxygen atoms in total. The zero-order valence-corrected chi connectivity index (χ0v) is 12.0. The lowest BCUT2D eigenvalue weighted by molar-refractivity contribution is 0.0976. The smallest absolute Gasteiger partial charge is 0.0998 e. The zero-order chi connectivity index (χ0) is 14.2. The molecule has 3 heterocycles. The maximum Gasteiger partial charge on any atom is 0.0998 e. The summed E-state index contributed by atoms with van der Waals surface area (Å²) < 4.78 is 0. The van der Waals surface area contributed by atoms with Crippen molar-refractivity contribution in [2.24, 2.45) is 5.92 Å². The maximum atomic E-state index is 9.26. The summed E-state index contributed by atoms with van der Waals surface area (Å²) in [4.78, 5) is 2.56. The zero-order valence-electron chi connectivity index (χ0n) is 12.0. The molecule has 3 aliphatic heterocycles. The lowest BCUT2D eigenvalue weighted by Crippen LogP contribution is -2.53. The highest BCUT2D eigenvalue weighted by Crippen LogP contribution is 2.32. The van der Waals surface area contributed by atoms with Crippen LogP contribution < -0.4 is 5.32 Å². The summed E-state index contributed by atoms with van der Waals surface area (Å²) in [5.41, 5.74) is 1.92. The Balaban J connectivity index is 1.70. The van der Waals surface area contributed by atoms with E-state index in [1.54, 1.807) is 0 Å². The van der Waals surface area contributed by atoms with Crippen LogP contribution >= 0.6 is 0 Å². The molecule has 2 aromatic carbocycles. The normalized spacial score (nSPS) is 27.5. The molecule has 0 saturated carbocycles. The van der Waals surface area contributed by atoms with Crippen molar-refractivity contribution in [2.45, 2.75) is 18.9 Å². The fourth-order valence-electron chi connectivity index (χ4n) is 3.85. The standard InChI is InChI=1S/C18H19N3/c19-11-14-5-6-17(16-4-2-1-3-15(14)16)20-18-12-21-9-7-13(18)8-10-21/h1-6,13,18,20H,7-10,12H2. The number of nitrogens with one attached hydrogen (secondary N) is 1.